The summed E-state index contributed by atoms with van der Waals surface area (Å²) in [4.78, 5) is 11.2. The fourth-order valence-electron chi connectivity index (χ4n) is 3.47. The van der Waals surface area contributed by atoms with Gasteiger partial charge in [-0.3, -0.25) is 4.79 Å². The molecular weight excluding hydrogens is 380 g/mol. The molecular formula is C25H50O5. The number of esters is 1. The second-order valence-electron chi connectivity index (χ2n) is 8.26. The van der Waals surface area contributed by atoms with Crippen LogP contribution in [-0.2, 0) is 19.0 Å². The molecule has 0 amide bonds. The summed E-state index contributed by atoms with van der Waals surface area (Å²) < 4.78 is 16.1. The standard InChI is InChI=1S/C25H50O5/c1-3-5-6-7-8-9-10-11-12-13-14-15-16-17-20-28-23-24(22-26)30-21-18-19-25(27)29-4-2/h24,26H,3-23H2,1-2H3. The van der Waals surface area contributed by atoms with Gasteiger partial charge in [0.05, 0.1) is 19.8 Å². The van der Waals surface area contributed by atoms with Crippen LogP contribution in [0.15, 0.2) is 0 Å². The minimum absolute atomic E-state index is 0.0574. The molecule has 1 unspecified atom stereocenters. The maximum absolute atomic E-state index is 11.2. The number of ether oxygens (including phenoxy) is 3. The Morgan fingerprint density at radius 3 is 1.77 bits per heavy atom. The zero-order valence-corrected chi connectivity index (χ0v) is 20.0. The lowest BCUT2D eigenvalue weighted by molar-refractivity contribution is -0.143. The molecule has 0 aliphatic rings. The van der Waals surface area contributed by atoms with E-state index in [0.717, 1.165) is 13.0 Å². The molecule has 0 spiro atoms. The molecule has 0 aromatic heterocycles. The van der Waals surface area contributed by atoms with Crippen LogP contribution in [0.4, 0.5) is 0 Å². The monoisotopic (exact) mass is 430 g/mol. The fraction of sp³-hybridized carbons (Fsp3) is 0.960. The Morgan fingerprint density at radius 1 is 0.733 bits per heavy atom. The van der Waals surface area contributed by atoms with E-state index >= 15 is 0 Å². The Labute approximate surface area is 186 Å². The molecule has 1 atom stereocenters. The minimum Gasteiger partial charge on any atom is -0.466 e. The Morgan fingerprint density at radius 2 is 1.27 bits per heavy atom. The van der Waals surface area contributed by atoms with Crippen LogP contribution in [0.5, 0.6) is 0 Å². The highest BCUT2D eigenvalue weighted by atomic mass is 16.5. The third-order valence-corrected chi connectivity index (χ3v) is 5.33. The molecule has 0 aliphatic carbocycles. The topological polar surface area (TPSA) is 65.0 Å². The third-order valence-electron chi connectivity index (χ3n) is 5.33. The summed E-state index contributed by atoms with van der Waals surface area (Å²) in [6.45, 7) is 5.99. The van der Waals surface area contributed by atoms with Crippen molar-refractivity contribution in [3.8, 4) is 0 Å². The lowest BCUT2D eigenvalue weighted by atomic mass is 10.0. The van der Waals surface area contributed by atoms with Crippen LogP contribution >= 0.6 is 0 Å². The molecule has 5 nitrogen and oxygen atoms in total. The Kier molecular flexibility index (Phi) is 24.1. The van der Waals surface area contributed by atoms with Crippen LogP contribution < -0.4 is 0 Å². The predicted octanol–water partition coefficient (Wildman–Crippen LogP) is 6.21. The van der Waals surface area contributed by atoms with Crippen LogP contribution in [0.2, 0.25) is 0 Å². The van der Waals surface area contributed by atoms with Gasteiger partial charge in [0.15, 0.2) is 0 Å². The highest BCUT2D eigenvalue weighted by Crippen LogP contribution is 2.13. The van der Waals surface area contributed by atoms with Gasteiger partial charge in [0.1, 0.15) is 6.10 Å². The van der Waals surface area contributed by atoms with E-state index in [0.29, 0.717) is 32.7 Å². The number of aliphatic hydroxyl groups excluding tert-OH is 1. The van der Waals surface area contributed by atoms with E-state index in [1.807, 2.05) is 0 Å². The van der Waals surface area contributed by atoms with E-state index in [9.17, 15) is 9.90 Å². The van der Waals surface area contributed by atoms with Crippen LogP contribution in [0, 0.1) is 0 Å². The molecule has 0 heterocycles. The third kappa shape index (κ3) is 22.0. The number of carbonyl (C=O) groups is 1. The first kappa shape index (κ1) is 29.4. The van der Waals surface area contributed by atoms with E-state index in [-0.39, 0.29) is 18.7 Å². The maximum atomic E-state index is 11.2. The number of hydrogen-bond donors (Lipinski definition) is 1. The van der Waals surface area contributed by atoms with Crippen LogP contribution in [-0.4, -0.2) is 50.2 Å². The molecule has 0 rings (SSSR count). The first-order valence-electron chi connectivity index (χ1n) is 12.7. The quantitative estimate of drug-likeness (QED) is 0.146. The molecule has 0 bridgehead atoms. The number of aliphatic hydroxyl groups is 1. The molecule has 0 fully saturated rings. The Hall–Kier alpha value is -0.650. The molecule has 0 radical (unpaired) electrons. The average molecular weight is 431 g/mol. The summed E-state index contributed by atoms with van der Waals surface area (Å²) in [7, 11) is 0. The van der Waals surface area contributed by atoms with Crippen molar-refractivity contribution in [1.82, 2.24) is 0 Å². The van der Waals surface area contributed by atoms with Gasteiger partial charge in [-0.05, 0) is 19.8 Å². The molecule has 1 N–H and O–H groups in total. The molecule has 0 aromatic carbocycles. The van der Waals surface area contributed by atoms with Gasteiger partial charge in [0.25, 0.3) is 0 Å². The van der Waals surface area contributed by atoms with Crippen molar-refractivity contribution in [3.05, 3.63) is 0 Å². The fourth-order valence-corrected chi connectivity index (χ4v) is 3.47. The van der Waals surface area contributed by atoms with Gasteiger partial charge in [-0.15, -0.1) is 0 Å². The Balaban J connectivity index is 3.28. The van der Waals surface area contributed by atoms with E-state index in [1.165, 1.54) is 83.5 Å². The zero-order chi connectivity index (χ0) is 22.1. The SMILES string of the molecule is CCCCCCCCCCCCCCCCOCC(CO)OCCCC(=O)OCC. The zero-order valence-electron chi connectivity index (χ0n) is 20.0. The highest BCUT2D eigenvalue weighted by Gasteiger charge is 2.09. The summed E-state index contributed by atoms with van der Waals surface area (Å²) in [6.07, 6.45) is 19.6. The summed E-state index contributed by atoms with van der Waals surface area (Å²) in [5.74, 6) is -0.198. The minimum atomic E-state index is -0.307. The summed E-state index contributed by atoms with van der Waals surface area (Å²) >= 11 is 0. The lowest BCUT2D eigenvalue weighted by Gasteiger charge is -2.15. The first-order chi connectivity index (χ1) is 14.7. The van der Waals surface area contributed by atoms with Crippen molar-refractivity contribution in [1.29, 1.82) is 0 Å². The van der Waals surface area contributed by atoms with Crippen molar-refractivity contribution in [2.75, 3.05) is 33.0 Å². The van der Waals surface area contributed by atoms with Gasteiger partial charge < -0.3 is 19.3 Å². The molecule has 30 heavy (non-hydrogen) atoms. The molecule has 0 aromatic rings. The van der Waals surface area contributed by atoms with E-state index < -0.39 is 0 Å². The van der Waals surface area contributed by atoms with Crippen molar-refractivity contribution in [3.63, 3.8) is 0 Å². The van der Waals surface area contributed by atoms with Gasteiger partial charge in [0.2, 0.25) is 0 Å². The predicted molar refractivity (Wildman–Crippen MR) is 124 cm³/mol. The number of hydrogen-bond acceptors (Lipinski definition) is 5. The van der Waals surface area contributed by atoms with Gasteiger partial charge in [0, 0.05) is 19.6 Å². The van der Waals surface area contributed by atoms with Gasteiger partial charge in [-0.1, -0.05) is 90.4 Å². The molecule has 0 saturated carbocycles. The van der Waals surface area contributed by atoms with Crippen molar-refractivity contribution >= 4 is 5.97 Å². The highest BCUT2D eigenvalue weighted by molar-refractivity contribution is 5.69. The van der Waals surface area contributed by atoms with Crippen molar-refractivity contribution in [2.45, 2.75) is 123 Å². The van der Waals surface area contributed by atoms with Crippen molar-refractivity contribution in [2.24, 2.45) is 0 Å². The van der Waals surface area contributed by atoms with Crippen LogP contribution in [0.25, 0.3) is 0 Å². The smallest absolute Gasteiger partial charge is 0.305 e. The summed E-state index contributed by atoms with van der Waals surface area (Å²) in [5.41, 5.74) is 0. The van der Waals surface area contributed by atoms with E-state index in [2.05, 4.69) is 6.92 Å². The van der Waals surface area contributed by atoms with Crippen LogP contribution in [0.3, 0.4) is 0 Å². The summed E-state index contributed by atoms with van der Waals surface area (Å²) in [6, 6.07) is 0. The second kappa shape index (κ2) is 24.6. The first-order valence-corrected chi connectivity index (χ1v) is 12.7. The van der Waals surface area contributed by atoms with E-state index in [4.69, 9.17) is 14.2 Å². The Bertz CT molecular complexity index is 348. The molecule has 5 heteroatoms. The number of rotatable bonds is 24. The largest absolute Gasteiger partial charge is 0.466 e. The van der Waals surface area contributed by atoms with Crippen molar-refractivity contribution < 1.29 is 24.1 Å². The van der Waals surface area contributed by atoms with E-state index in [1.54, 1.807) is 6.92 Å². The normalized spacial score (nSPS) is 12.2. The number of unbranched alkanes of at least 4 members (excludes halogenated alkanes) is 13. The summed E-state index contributed by atoms with van der Waals surface area (Å²) in [5, 5.41) is 9.35. The van der Waals surface area contributed by atoms with Gasteiger partial charge in [-0.25, -0.2) is 0 Å². The lowest BCUT2D eigenvalue weighted by Crippen LogP contribution is -2.25. The molecule has 0 saturated heterocycles. The maximum Gasteiger partial charge on any atom is 0.305 e. The molecule has 180 valence electrons. The molecule has 0 aliphatic heterocycles. The van der Waals surface area contributed by atoms with Gasteiger partial charge >= 0.3 is 5.97 Å². The number of carbonyl (C=O) groups excluding carboxylic acids is 1. The van der Waals surface area contributed by atoms with Gasteiger partial charge in [-0.2, -0.15) is 0 Å². The van der Waals surface area contributed by atoms with Crippen LogP contribution in [0.1, 0.15) is 117 Å². The second-order valence-corrected chi connectivity index (χ2v) is 8.26. The average Bonchev–Trinajstić information content (AvgIpc) is 2.75.